The fraction of sp³-hybridized carbons (Fsp3) is 0.143. The van der Waals surface area contributed by atoms with Crippen molar-refractivity contribution >= 4 is 21.6 Å². The molecule has 0 aliphatic rings. The van der Waals surface area contributed by atoms with E-state index in [0.717, 1.165) is 0 Å². The number of hydrogen-bond donors (Lipinski definition) is 1. The minimum absolute atomic E-state index is 0.0649. The van der Waals surface area contributed by atoms with Gasteiger partial charge in [0.2, 0.25) is 0 Å². The number of halogens is 1. The second-order valence-electron chi connectivity index (χ2n) is 2.30. The summed E-state index contributed by atoms with van der Waals surface area (Å²) in [5.41, 5.74) is 0.185. The number of benzene rings is 1. The molecule has 0 aromatic heterocycles. The van der Waals surface area contributed by atoms with Gasteiger partial charge < -0.3 is 5.11 Å². The first-order valence-electron chi connectivity index (χ1n) is 3.16. The van der Waals surface area contributed by atoms with Crippen molar-refractivity contribution in [2.75, 3.05) is 0 Å². The van der Waals surface area contributed by atoms with Crippen LogP contribution in [0.15, 0.2) is 16.6 Å². The van der Waals surface area contributed by atoms with Crippen molar-refractivity contribution in [3.8, 4) is 5.75 Å². The van der Waals surface area contributed by atoms with Crippen LogP contribution in [0, 0.1) is 17.0 Å². The van der Waals surface area contributed by atoms with Gasteiger partial charge >= 0.3 is 0 Å². The van der Waals surface area contributed by atoms with Gasteiger partial charge in [0.1, 0.15) is 5.75 Å². The lowest BCUT2D eigenvalue weighted by atomic mass is 10.2. The summed E-state index contributed by atoms with van der Waals surface area (Å²) in [6, 6.07) is 2.85. The Morgan fingerprint density at radius 1 is 1.58 bits per heavy atom. The van der Waals surface area contributed by atoms with Gasteiger partial charge in [0.25, 0.3) is 5.69 Å². The van der Waals surface area contributed by atoms with E-state index in [0.29, 0.717) is 4.47 Å². The zero-order valence-electron chi connectivity index (χ0n) is 6.24. The van der Waals surface area contributed by atoms with Gasteiger partial charge in [0.05, 0.1) is 15.0 Å². The average Bonchev–Trinajstić information content (AvgIpc) is 1.97. The summed E-state index contributed by atoms with van der Waals surface area (Å²) in [6.07, 6.45) is 0. The quantitative estimate of drug-likeness (QED) is 0.597. The first-order chi connectivity index (χ1) is 5.54. The van der Waals surface area contributed by atoms with E-state index in [4.69, 9.17) is 5.11 Å². The molecule has 0 radical (unpaired) electrons. The fourth-order valence-electron chi connectivity index (χ4n) is 0.881. The molecule has 0 atom stereocenters. The van der Waals surface area contributed by atoms with E-state index in [1.165, 1.54) is 19.1 Å². The Labute approximate surface area is 77.1 Å². The van der Waals surface area contributed by atoms with Gasteiger partial charge in [0, 0.05) is 0 Å². The van der Waals surface area contributed by atoms with Gasteiger partial charge in [-0.05, 0) is 35.0 Å². The zero-order chi connectivity index (χ0) is 9.30. The van der Waals surface area contributed by atoms with Crippen LogP contribution in [0.2, 0.25) is 0 Å². The predicted octanol–water partition coefficient (Wildman–Crippen LogP) is 2.37. The molecule has 0 bridgehead atoms. The van der Waals surface area contributed by atoms with Gasteiger partial charge in [-0.3, -0.25) is 10.1 Å². The lowest BCUT2D eigenvalue weighted by Gasteiger charge is -2.00. The maximum absolute atomic E-state index is 10.5. The zero-order valence-corrected chi connectivity index (χ0v) is 7.83. The first-order valence-corrected chi connectivity index (χ1v) is 3.96. The van der Waals surface area contributed by atoms with Crippen LogP contribution in [0.3, 0.4) is 0 Å². The molecular weight excluding hydrogens is 226 g/mol. The maximum atomic E-state index is 10.5. The molecule has 64 valence electrons. The fourth-order valence-corrected chi connectivity index (χ4v) is 1.45. The number of phenols is 1. The highest BCUT2D eigenvalue weighted by atomic mass is 79.9. The Bertz CT molecular complexity index is 338. The van der Waals surface area contributed by atoms with Crippen molar-refractivity contribution in [3.05, 3.63) is 32.3 Å². The van der Waals surface area contributed by atoms with E-state index in [2.05, 4.69) is 15.9 Å². The Morgan fingerprint density at radius 2 is 2.17 bits per heavy atom. The van der Waals surface area contributed by atoms with E-state index >= 15 is 0 Å². The summed E-state index contributed by atoms with van der Waals surface area (Å²) in [5, 5.41) is 19.6. The smallest absolute Gasteiger partial charge is 0.290 e. The van der Waals surface area contributed by atoms with Gasteiger partial charge in [0.15, 0.2) is 0 Å². The van der Waals surface area contributed by atoms with Crippen LogP contribution >= 0.6 is 15.9 Å². The third-order valence-corrected chi connectivity index (χ3v) is 2.18. The number of nitrogens with zero attached hydrogens (tertiary/aromatic N) is 1. The van der Waals surface area contributed by atoms with Crippen LogP contribution in [0.4, 0.5) is 5.69 Å². The van der Waals surface area contributed by atoms with Crippen molar-refractivity contribution < 1.29 is 10.0 Å². The highest BCUT2D eigenvalue weighted by Gasteiger charge is 2.17. The van der Waals surface area contributed by atoms with Crippen LogP contribution in [-0.4, -0.2) is 10.0 Å². The molecule has 0 heterocycles. The Kier molecular flexibility index (Phi) is 2.32. The monoisotopic (exact) mass is 231 g/mol. The molecule has 0 saturated carbocycles. The molecule has 0 saturated heterocycles. The SMILES string of the molecule is Cc1c(O)ccc(Br)c1[N+](=O)[O-]. The first kappa shape index (κ1) is 8.99. The largest absolute Gasteiger partial charge is 0.507 e. The molecule has 12 heavy (non-hydrogen) atoms. The normalized spacial score (nSPS) is 9.83. The minimum Gasteiger partial charge on any atom is -0.507 e. The van der Waals surface area contributed by atoms with E-state index in [-0.39, 0.29) is 17.0 Å². The van der Waals surface area contributed by atoms with Gasteiger partial charge in [-0.25, -0.2) is 0 Å². The minimum atomic E-state index is -0.529. The van der Waals surface area contributed by atoms with Gasteiger partial charge in [-0.2, -0.15) is 0 Å². The molecule has 1 aromatic rings. The summed E-state index contributed by atoms with van der Waals surface area (Å²) in [7, 11) is 0. The van der Waals surface area contributed by atoms with E-state index < -0.39 is 4.92 Å². The van der Waals surface area contributed by atoms with Crippen molar-refractivity contribution in [3.63, 3.8) is 0 Å². The van der Waals surface area contributed by atoms with E-state index in [1.807, 2.05) is 0 Å². The third kappa shape index (κ3) is 1.40. The molecule has 0 aliphatic carbocycles. The van der Waals surface area contributed by atoms with Crippen LogP contribution in [-0.2, 0) is 0 Å². The molecule has 5 heteroatoms. The Hall–Kier alpha value is -1.10. The average molecular weight is 232 g/mol. The topological polar surface area (TPSA) is 63.4 Å². The lowest BCUT2D eigenvalue weighted by Crippen LogP contribution is -1.92. The summed E-state index contributed by atoms with van der Waals surface area (Å²) < 4.78 is 0.378. The van der Waals surface area contributed by atoms with Crippen LogP contribution in [0.5, 0.6) is 5.75 Å². The second kappa shape index (κ2) is 3.10. The molecule has 0 amide bonds. The molecule has 4 nitrogen and oxygen atoms in total. The molecule has 1 rings (SSSR count). The van der Waals surface area contributed by atoms with E-state index in [1.54, 1.807) is 0 Å². The third-order valence-electron chi connectivity index (χ3n) is 1.54. The number of phenolic OH excluding ortho intramolecular Hbond substituents is 1. The molecule has 1 aromatic carbocycles. The molecule has 0 unspecified atom stereocenters. The molecular formula is C7H6BrNO3. The van der Waals surface area contributed by atoms with Crippen LogP contribution in [0.25, 0.3) is 0 Å². The molecule has 0 fully saturated rings. The number of nitro benzene ring substituents is 1. The standard InChI is InChI=1S/C7H6BrNO3/c1-4-6(10)3-2-5(8)7(4)9(11)12/h2-3,10H,1H3. The highest BCUT2D eigenvalue weighted by molar-refractivity contribution is 9.10. The summed E-state index contributed by atoms with van der Waals surface area (Å²) in [6.45, 7) is 1.50. The van der Waals surface area contributed by atoms with Crippen molar-refractivity contribution in [2.24, 2.45) is 0 Å². The number of hydrogen-bond acceptors (Lipinski definition) is 3. The highest BCUT2D eigenvalue weighted by Crippen LogP contribution is 2.33. The molecule has 0 spiro atoms. The summed E-state index contributed by atoms with van der Waals surface area (Å²) in [5.74, 6) is -0.0649. The van der Waals surface area contributed by atoms with Crippen molar-refractivity contribution in [1.82, 2.24) is 0 Å². The maximum Gasteiger partial charge on any atom is 0.290 e. The number of rotatable bonds is 1. The molecule has 0 aliphatic heterocycles. The Balaban J connectivity index is 3.43. The Morgan fingerprint density at radius 3 is 2.58 bits per heavy atom. The van der Waals surface area contributed by atoms with Crippen LogP contribution < -0.4 is 0 Å². The summed E-state index contributed by atoms with van der Waals surface area (Å²) >= 11 is 3.03. The van der Waals surface area contributed by atoms with E-state index in [9.17, 15) is 10.1 Å². The van der Waals surface area contributed by atoms with Gasteiger partial charge in [-0.15, -0.1) is 0 Å². The van der Waals surface area contributed by atoms with Crippen molar-refractivity contribution in [1.29, 1.82) is 0 Å². The predicted molar refractivity (Wildman–Crippen MR) is 47.2 cm³/mol. The molecule has 1 N–H and O–H groups in total. The number of aromatic hydroxyl groups is 1. The van der Waals surface area contributed by atoms with Crippen LogP contribution in [0.1, 0.15) is 5.56 Å². The van der Waals surface area contributed by atoms with Gasteiger partial charge in [-0.1, -0.05) is 0 Å². The second-order valence-corrected chi connectivity index (χ2v) is 3.15. The van der Waals surface area contributed by atoms with Crippen molar-refractivity contribution in [2.45, 2.75) is 6.92 Å². The number of nitro groups is 1. The summed E-state index contributed by atoms with van der Waals surface area (Å²) in [4.78, 5) is 9.93. The lowest BCUT2D eigenvalue weighted by molar-refractivity contribution is -0.386.